The highest BCUT2D eigenvalue weighted by Crippen LogP contribution is 2.24. The normalized spacial score (nSPS) is 28.3. The van der Waals surface area contributed by atoms with E-state index in [-0.39, 0.29) is 6.61 Å². The molecule has 1 aromatic carbocycles. The lowest BCUT2D eigenvalue weighted by atomic mass is 10.1. The predicted octanol–water partition coefficient (Wildman–Crippen LogP) is 1.02. The summed E-state index contributed by atoms with van der Waals surface area (Å²) in [5.74, 6) is -0.529. The second-order valence-electron chi connectivity index (χ2n) is 4.83. The Morgan fingerprint density at radius 1 is 1.38 bits per heavy atom. The first-order chi connectivity index (χ1) is 10.1. The summed E-state index contributed by atoms with van der Waals surface area (Å²) in [7, 11) is 1.34. The third-order valence-corrected chi connectivity index (χ3v) is 3.34. The second-order valence-corrected chi connectivity index (χ2v) is 4.83. The fraction of sp³-hybridized carbons (Fsp3) is 0.500. The number of carbonyl (C=O) groups excluding carboxylic acids is 1. The van der Waals surface area contributed by atoms with Crippen LogP contribution in [0, 0.1) is 11.8 Å². The first kappa shape index (κ1) is 15.6. The van der Waals surface area contributed by atoms with Gasteiger partial charge in [0.25, 0.3) is 0 Å². The van der Waals surface area contributed by atoms with Gasteiger partial charge in [0, 0.05) is 7.11 Å². The van der Waals surface area contributed by atoms with Crippen LogP contribution in [0.5, 0.6) is 0 Å². The molecule has 0 saturated carbocycles. The maximum atomic E-state index is 11.9. The van der Waals surface area contributed by atoms with E-state index in [2.05, 4.69) is 5.18 Å². The summed E-state index contributed by atoms with van der Waals surface area (Å²) in [6, 6.07) is 5.86. The van der Waals surface area contributed by atoms with Crippen molar-refractivity contribution in [2.24, 2.45) is 5.18 Å². The lowest BCUT2D eigenvalue weighted by Crippen LogP contribution is -2.33. The Morgan fingerprint density at radius 3 is 2.62 bits per heavy atom. The Bertz CT molecular complexity index is 503. The van der Waals surface area contributed by atoms with Crippen molar-refractivity contribution in [2.75, 3.05) is 13.7 Å². The van der Waals surface area contributed by atoms with Gasteiger partial charge in [0.2, 0.25) is 0 Å². The maximum absolute atomic E-state index is 11.9. The van der Waals surface area contributed by atoms with Crippen LogP contribution in [0.15, 0.2) is 29.4 Å². The lowest BCUT2D eigenvalue weighted by molar-refractivity contribution is -0.153. The molecule has 0 bridgehead atoms. The zero-order valence-electron chi connectivity index (χ0n) is 11.8. The highest BCUT2D eigenvalue weighted by Gasteiger charge is 2.45. The zero-order chi connectivity index (χ0) is 15.4. The van der Waals surface area contributed by atoms with Crippen molar-refractivity contribution in [3.05, 3.63) is 40.3 Å². The monoisotopic (exact) mass is 295 g/mol. The third kappa shape index (κ3) is 3.44. The fourth-order valence-electron chi connectivity index (χ4n) is 2.11. The van der Waals surface area contributed by atoms with Gasteiger partial charge in [0.15, 0.2) is 12.3 Å². The summed E-state index contributed by atoms with van der Waals surface area (Å²) in [5.41, 5.74) is 1.43. The van der Waals surface area contributed by atoms with E-state index in [0.717, 1.165) is 5.56 Å². The summed E-state index contributed by atoms with van der Waals surface area (Å²) in [6.45, 7) is 1.73. The van der Waals surface area contributed by atoms with Crippen LogP contribution < -0.4 is 0 Å². The summed E-state index contributed by atoms with van der Waals surface area (Å²) in [5, 5.41) is 12.6. The molecule has 0 aliphatic carbocycles. The first-order valence-corrected chi connectivity index (χ1v) is 6.49. The maximum Gasteiger partial charge on any atom is 0.338 e. The number of benzene rings is 1. The van der Waals surface area contributed by atoms with Crippen molar-refractivity contribution in [1.29, 1.82) is 0 Å². The SMILES string of the molecule is COC1OC(COC(=O)c2ccc(C)cc2)[C@@H](N=O)[C@H]1O. The van der Waals surface area contributed by atoms with Gasteiger partial charge in [0.1, 0.15) is 18.8 Å². The van der Waals surface area contributed by atoms with Crippen LogP contribution in [0.25, 0.3) is 0 Å². The summed E-state index contributed by atoms with van der Waals surface area (Å²) >= 11 is 0. The molecule has 7 nitrogen and oxygen atoms in total. The molecule has 0 spiro atoms. The van der Waals surface area contributed by atoms with Crippen LogP contribution in [-0.2, 0) is 14.2 Å². The largest absolute Gasteiger partial charge is 0.459 e. The Kier molecular flexibility index (Phi) is 5.00. The molecule has 1 saturated heterocycles. The van der Waals surface area contributed by atoms with Crippen molar-refractivity contribution in [1.82, 2.24) is 0 Å². The molecule has 0 radical (unpaired) electrons. The molecule has 2 unspecified atom stereocenters. The minimum atomic E-state index is -1.17. The molecule has 1 aliphatic heterocycles. The van der Waals surface area contributed by atoms with Crippen molar-refractivity contribution < 1.29 is 24.1 Å². The summed E-state index contributed by atoms with van der Waals surface area (Å²) in [6.07, 6.45) is -2.94. The van der Waals surface area contributed by atoms with Crippen LogP contribution in [0.3, 0.4) is 0 Å². The topological polar surface area (TPSA) is 94.4 Å². The third-order valence-electron chi connectivity index (χ3n) is 3.34. The van der Waals surface area contributed by atoms with Gasteiger partial charge in [-0.15, -0.1) is 0 Å². The molecule has 1 heterocycles. The number of carbonyl (C=O) groups is 1. The molecule has 0 amide bonds. The molecule has 4 atom stereocenters. The number of esters is 1. The highest BCUT2D eigenvalue weighted by molar-refractivity contribution is 5.89. The van der Waals surface area contributed by atoms with Gasteiger partial charge in [-0.05, 0) is 19.1 Å². The molecule has 7 heteroatoms. The minimum absolute atomic E-state index is 0.181. The van der Waals surface area contributed by atoms with E-state index in [1.54, 1.807) is 24.3 Å². The van der Waals surface area contributed by atoms with Gasteiger partial charge in [-0.25, -0.2) is 4.79 Å². The second kappa shape index (κ2) is 6.75. The number of nitrogens with zero attached hydrogens (tertiary/aromatic N) is 1. The van der Waals surface area contributed by atoms with Crippen LogP contribution in [0.2, 0.25) is 0 Å². The average Bonchev–Trinajstić information content (AvgIpc) is 2.80. The van der Waals surface area contributed by atoms with Crippen LogP contribution >= 0.6 is 0 Å². The fourth-order valence-corrected chi connectivity index (χ4v) is 2.11. The van der Waals surface area contributed by atoms with Crippen LogP contribution in [0.4, 0.5) is 0 Å². The van der Waals surface area contributed by atoms with Gasteiger partial charge in [0.05, 0.1) is 5.56 Å². The summed E-state index contributed by atoms with van der Waals surface area (Å²) in [4.78, 5) is 22.6. The van der Waals surface area contributed by atoms with Crippen molar-refractivity contribution in [3.63, 3.8) is 0 Å². The molecule has 1 aromatic rings. The number of hydrogen-bond donors (Lipinski definition) is 1. The van der Waals surface area contributed by atoms with Crippen molar-refractivity contribution in [3.8, 4) is 0 Å². The van der Waals surface area contributed by atoms with E-state index >= 15 is 0 Å². The van der Waals surface area contributed by atoms with E-state index in [9.17, 15) is 14.8 Å². The van der Waals surface area contributed by atoms with E-state index in [1.807, 2.05) is 6.92 Å². The molecule has 0 aromatic heterocycles. The average molecular weight is 295 g/mol. The minimum Gasteiger partial charge on any atom is -0.459 e. The van der Waals surface area contributed by atoms with E-state index in [0.29, 0.717) is 5.56 Å². The van der Waals surface area contributed by atoms with Crippen molar-refractivity contribution >= 4 is 5.97 Å². The number of methoxy groups -OCH3 is 1. The number of hydrogen-bond acceptors (Lipinski definition) is 7. The number of aliphatic hydroxyl groups is 1. The number of aliphatic hydroxyl groups excluding tert-OH is 1. The highest BCUT2D eigenvalue weighted by atomic mass is 16.7. The Labute approximate surface area is 121 Å². The molecule has 114 valence electrons. The number of rotatable bonds is 5. The molecular weight excluding hydrogens is 278 g/mol. The van der Waals surface area contributed by atoms with E-state index in [4.69, 9.17) is 14.2 Å². The first-order valence-electron chi connectivity index (χ1n) is 6.49. The Morgan fingerprint density at radius 2 is 2.05 bits per heavy atom. The number of ether oxygens (including phenoxy) is 3. The lowest BCUT2D eigenvalue weighted by Gasteiger charge is -2.13. The van der Waals surface area contributed by atoms with Crippen LogP contribution in [0.1, 0.15) is 15.9 Å². The smallest absolute Gasteiger partial charge is 0.338 e. The van der Waals surface area contributed by atoms with Gasteiger partial charge in [-0.3, -0.25) is 0 Å². The molecule has 1 fully saturated rings. The number of aryl methyl sites for hydroxylation is 1. The molecule has 1 N–H and O–H groups in total. The summed E-state index contributed by atoms with van der Waals surface area (Å²) < 4.78 is 15.3. The Hall–Kier alpha value is -1.83. The Balaban J connectivity index is 1.94. The van der Waals surface area contributed by atoms with Crippen molar-refractivity contribution in [2.45, 2.75) is 31.5 Å². The quantitative estimate of drug-likeness (QED) is 0.643. The standard InChI is InChI=1S/C14H17NO6/c1-8-3-5-9(6-4-8)13(17)20-7-10-11(15-18)12(16)14(19-2)21-10/h3-6,10-12,14,16H,7H2,1-2H3/t10?,11-,12-,14?/m1/s1. The van der Waals surface area contributed by atoms with Gasteiger partial charge in [-0.1, -0.05) is 22.9 Å². The van der Waals surface area contributed by atoms with Gasteiger partial charge >= 0.3 is 5.97 Å². The molecule has 21 heavy (non-hydrogen) atoms. The molecular formula is C14H17NO6. The number of nitroso groups, excluding NO2 is 1. The van der Waals surface area contributed by atoms with Gasteiger partial charge < -0.3 is 19.3 Å². The predicted molar refractivity (Wildman–Crippen MR) is 72.7 cm³/mol. The molecule has 2 rings (SSSR count). The zero-order valence-corrected chi connectivity index (χ0v) is 11.8. The van der Waals surface area contributed by atoms with Gasteiger partial charge in [-0.2, -0.15) is 4.91 Å². The van der Waals surface area contributed by atoms with E-state index < -0.39 is 30.5 Å². The van der Waals surface area contributed by atoms with Crippen LogP contribution in [-0.4, -0.2) is 49.3 Å². The molecule has 1 aliphatic rings. The van der Waals surface area contributed by atoms with E-state index in [1.165, 1.54) is 7.11 Å².